The smallest absolute Gasteiger partial charge is 0.273 e. The van der Waals surface area contributed by atoms with Crippen LogP contribution >= 0.6 is 11.6 Å². The molecule has 0 unspecified atom stereocenters. The van der Waals surface area contributed by atoms with Gasteiger partial charge in [-0.15, -0.1) is 0 Å². The van der Waals surface area contributed by atoms with Gasteiger partial charge in [-0.2, -0.15) is 0 Å². The van der Waals surface area contributed by atoms with Crippen LogP contribution in [-0.4, -0.2) is 42.3 Å². The van der Waals surface area contributed by atoms with Crippen molar-refractivity contribution in [3.8, 4) is 11.3 Å². The molecular weight excluding hydrogens is 390 g/mol. The fourth-order valence-electron chi connectivity index (χ4n) is 3.31. The number of ether oxygens (including phenoxy) is 1. The molecule has 0 saturated carbocycles. The molecule has 1 saturated heterocycles. The summed E-state index contributed by atoms with van der Waals surface area (Å²) in [5.41, 5.74) is 3.31. The summed E-state index contributed by atoms with van der Waals surface area (Å²) in [7, 11) is 0. The van der Waals surface area contributed by atoms with E-state index in [1.807, 2.05) is 30.3 Å². The highest BCUT2D eigenvalue weighted by molar-refractivity contribution is 6.30. The number of nitrogens with one attached hydrogen (secondary N) is 1. The number of hydrogen-bond donors (Lipinski definition) is 1. The summed E-state index contributed by atoms with van der Waals surface area (Å²) >= 11 is 6.01. The molecule has 1 N–H and O–H groups in total. The van der Waals surface area contributed by atoms with Gasteiger partial charge in [0.1, 0.15) is 0 Å². The van der Waals surface area contributed by atoms with Gasteiger partial charge in [-0.3, -0.25) is 9.69 Å². The topological polar surface area (TPSA) is 67.6 Å². The fourth-order valence-corrected chi connectivity index (χ4v) is 3.50. The molecule has 4 rings (SSSR count). The summed E-state index contributed by atoms with van der Waals surface area (Å²) in [5.74, 6) is 0.230. The summed E-state index contributed by atoms with van der Waals surface area (Å²) in [6.45, 7) is 4.65. The molecule has 6 nitrogen and oxygen atoms in total. The minimum absolute atomic E-state index is 0.241. The van der Waals surface area contributed by atoms with Crippen LogP contribution in [0.25, 0.3) is 11.3 Å². The predicted octanol–water partition coefficient (Wildman–Crippen LogP) is 3.76. The SMILES string of the molecule is O=C(NCc1ccccc1CN1CCOCC1)c1cc(-c2cccc(Cl)c2)on1. The average Bonchev–Trinajstić information content (AvgIpc) is 3.24. The Hall–Kier alpha value is -2.67. The minimum atomic E-state index is -0.275. The van der Waals surface area contributed by atoms with Crippen LogP contribution in [0.3, 0.4) is 0 Å². The number of nitrogens with zero attached hydrogens (tertiary/aromatic N) is 2. The standard InChI is InChI=1S/C22H22ClN3O3/c23-19-7-3-6-16(12-19)21-13-20(25-29-21)22(27)24-14-17-4-1-2-5-18(17)15-26-8-10-28-11-9-26/h1-7,12-13H,8-11,14-15H2,(H,24,27). The molecule has 0 radical (unpaired) electrons. The van der Waals surface area contributed by atoms with Gasteiger partial charge >= 0.3 is 0 Å². The Balaban J connectivity index is 1.40. The van der Waals surface area contributed by atoms with Crippen LogP contribution in [0.1, 0.15) is 21.6 Å². The van der Waals surface area contributed by atoms with E-state index in [9.17, 15) is 4.79 Å². The van der Waals surface area contributed by atoms with E-state index < -0.39 is 0 Å². The highest BCUT2D eigenvalue weighted by Crippen LogP contribution is 2.23. The summed E-state index contributed by atoms with van der Waals surface area (Å²) in [6.07, 6.45) is 0. The first-order valence-electron chi connectivity index (χ1n) is 9.57. The molecule has 0 aliphatic carbocycles. The van der Waals surface area contributed by atoms with Crippen molar-refractivity contribution in [2.24, 2.45) is 0 Å². The third-order valence-corrected chi connectivity index (χ3v) is 5.14. The zero-order chi connectivity index (χ0) is 20.1. The van der Waals surface area contributed by atoms with Gasteiger partial charge in [-0.1, -0.05) is 53.2 Å². The van der Waals surface area contributed by atoms with Crippen LogP contribution < -0.4 is 5.32 Å². The molecule has 3 aromatic rings. The number of aromatic nitrogens is 1. The fraction of sp³-hybridized carbons (Fsp3) is 0.273. The molecule has 2 aromatic carbocycles. The minimum Gasteiger partial charge on any atom is -0.379 e. The third kappa shape index (κ3) is 5.03. The number of amides is 1. The zero-order valence-electron chi connectivity index (χ0n) is 15.9. The van der Waals surface area contributed by atoms with Crippen molar-refractivity contribution in [2.45, 2.75) is 13.1 Å². The highest BCUT2D eigenvalue weighted by Gasteiger charge is 2.16. The van der Waals surface area contributed by atoms with Gasteiger partial charge < -0.3 is 14.6 Å². The second kappa shape index (κ2) is 9.22. The molecule has 0 spiro atoms. The molecule has 1 aromatic heterocycles. The largest absolute Gasteiger partial charge is 0.379 e. The van der Waals surface area contributed by atoms with E-state index in [-0.39, 0.29) is 11.6 Å². The van der Waals surface area contributed by atoms with Crippen LogP contribution in [0, 0.1) is 0 Å². The zero-order valence-corrected chi connectivity index (χ0v) is 16.7. The van der Waals surface area contributed by atoms with Gasteiger partial charge in [0.05, 0.1) is 13.2 Å². The first-order valence-corrected chi connectivity index (χ1v) is 9.94. The predicted molar refractivity (Wildman–Crippen MR) is 111 cm³/mol. The summed E-state index contributed by atoms with van der Waals surface area (Å²) < 4.78 is 10.7. The highest BCUT2D eigenvalue weighted by atomic mass is 35.5. The summed E-state index contributed by atoms with van der Waals surface area (Å²) in [5, 5.41) is 7.44. The Labute approximate surface area is 174 Å². The number of morpholine rings is 1. The average molecular weight is 412 g/mol. The van der Waals surface area contributed by atoms with Crippen molar-refractivity contribution in [2.75, 3.05) is 26.3 Å². The molecule has 29 heavy (non-hydrogen) atoms. The van der Waals surface area contributed by atoms with Crippen molar-refractivity contribution in [1.82, 2.24) is 15.4 Å². The van der Waals surface area contributed by atoms with Crippen molar-refractivity contribution in [3.05, 3.63) is 76.4 Å². The van der Waals surface area contributed by atoms with Crippen LogP contribution in [0.4, 0.5) is 0 Å². The van der Waals surface area contributed by atoms with Gasteiger partial charge in [0.25, 0.3) is 5.91 Å². The molecule has 1 fully saturated rings. The maximum atomic E-state index is 12.5. The van der Waals surface area contributed by atoms with Crippen molar-refractivity contribution in [1.29, 1.82) is 0 Å². The molecular formula is C22H22ClN3O3. The first kappa shape index (κ1) is 19.6. The van der Waals surface area contributed by atoms with Gasteiger partial charge in [-0.25, -0.2) is 0 Å². The Morgan fingerprint density at radius 2 is 1.86 bits per heavy atom. The van der Waals surface area contributed by atoms with E-state index in [4.69, 9.17) is 20.9 Å². The van der Waals surface area contributed by atoms with E-state index >= 15 is 0 Å². The maximum Gasteiger partial charge on any atom is 0.273 e. The van der Waals surface area contributed by atoms with Gasteiger partial charge in [0.15, 0.2) is 11.5 Å². The maximum absolute atomic E-state index is 12.5. The number of carbonyl (C=O) groups excluding carboxylic acids is 1. The number of hydrogen-bond acceptors (Lipinski definition) is 5. The van der Waals surface area contributed by atoms with Crippen LogP contribution in [0.2, 0.25) is 5.02 Å². The second-order valence-corrected chi connectivity index (χ2v) is 7.36. The van der Waals surface area contributed by atoms with E-state index in [0.29, 0.717) is 17.3 Å². The van der Waals surface area contributed by atoms with Crippen molar-refractivity contribution < 1.29 is 14.1 Å². The lowest BCUT2D eigenvalue weighted by atomic mass is 10.1. The molecule has 1 aliphatic heterocycles. The number of halogens is 1. The van der Waals surface area contributed by atoms with E-state index in [1.165, 1.54) is 5.56 Å². The van der Waals surface area contributed by atoms with Crippen molar-refractivity contribution >= 4 is 17.5 Å². The molecule has 150 valence electrons. The van der Waals surface area contributed by atoms with E-state index in [2.05, 4.69) is 21.4 Å². The quantitative estimate of drug-likeness (QED) is 0.669. The monoisotopic (exact) mass is 411 g/mol. The second-order valence-electron chi connectivity index (χ2n) is 6.93. The number of carbonyl (C=O) groups is 1. The number of benzene rings is 2. The lowest BCUT2D eigenvalue weighted by Crippen LogP contribution is -2.36. The van der Waals surface area contributed by atoms with Crippen LogP contribution in [0.5, 0.6) is 0 Å². The van der Waals surface area contributed by atoms with Crippen LogP contribution in [0.15, 0.2) is 59.1 Å². The van der Waals surface area contributed by atoms with Crippen molar-refractivity contribution in [3.63, 3.8) is 0 Å². The lowest BCUT2D eigenvalue weighted by molar-refractivity contribution is 0.0340. The molecule has 7 heteroatoms. The Bertz CT molecular complexity index is 983. The lowest BCUT2D eigenvalue weighted by Gasteiger charge is -2.27. The Morgan fingerprint density at radius 1 is 1.07 bits per heavy atom. The van der Waals surface area contributed by atoms with Gasteiger partial charge in [0.2, 0.25) is 0 Å². The first-order chi connectivity index (χ1) is 14.2. The van der Waals surface area contributed by atoms with E-state index in [1.54, 1.807) is 18.2 Å². The Morgan fingerprint density at radius 3 is 2.66 bits per heavy atom. The number of rotatable bonds is 6. The molecule has 1 amide bonds. The molecule has 2 heterocycles. The third-order valence-electron chi connectivity index (χ3n) is 4.91. The molecule has 1 aliphatic rings. The van der Waals surface area contributed by atoms with Gasteiger partial charge in [0, 0.05) is 42.8 Å². The molecule has 0 bridgehead atoms. The normalized spacial score (nSPS) is 14.7. The Kier molecular flexibility index (Phi) is 6.24. The van der Waals surface area contributed by atoms with Crippen LogP contribution in [-0.2, 0) is 17.8 Å². The summed E-state index contributed by atoms with van der Waals surface area (Å²) in [4.78, 5) is 14.9. The summed E-state index contributed by atoms with van der Waals surface area (Å²) in [6, 6.07) is 17.0. The van der Waals surface area contributed by atoms with Gasteiger partial charge in [-0.05, 0) is 23.3 Å². The molecule has 0 atom stereocenters. The van der Waals surface area contributed by atoms with E-state index in [0.717, 1.165) is 44.0 Å².